The van der Waals surface area contributed by atoms with Gasteiger partial charge in [-0.1, -0.05) is 17.7 Å². The molecule has 126 valence electrons. The molecule has 24 heavy (non-hydrogen) atoms. The van der Waals surface area contributed by atoms with Crippen LogP contribution in [0.25, 0.3) is 0 Å². The van der Waals surface area contributed by atoms with Crippen LogP contribution in [0.5, 0.6) is 5.75 Å². The van der Waals surface area contributed by atoms with Gasteiger partial charge in [-0.05, 0) is 61.4 Å². The van der Waals surface area contributed by atoms with E-state index in [1.807, 2.05) is 56.3 Å². The number of anilines is 1. The molecule has 0 spiro atoms. The largest absolute Gasteiger partial charge is 0.497 e. The lowest BCUT2D eigenvalue weighted by molar-refractivity contribution is -0.119. The molecule has 0 fully saturated rings. The molecule has 0 radical (unpaired) electrons. The Balaban J connectivity index is 1.90. The number of halogens is 1. The van der Waals surface area contributed by atoms with Gasteiger partial charge < -0.3 is 10.1 Å². The predicted molar refractivity (Wildman–Crippen MR) is 98.0 cm³/mol. The fourth-order valence-electron chi connectivity index (χ4n) is 2.06. The van der Waals surface area contributed by atoms with Gasteiger partial charge in [-0.2, -0.15) is 5.10 Å². The number of nitrogens with zero attached hydrogens (tertiary/aromatic N) is 1. The highest BCUT2D eigenvalue weighted by Gasteiger charge is 2.05. The molecule has 2 rings (SSSR count). The summed E-state index contributed by atoms with van der Waals surface area (Å²) in [6.45, 7) is 3.84. The van der Waals surface area contributed by atoms with E-state index in [9.17, 15) is 4.79 Å². The van der Waals surface area contributed by atoms with E-state index in [0.29, 0.717) is 10.7 Å². The molecule has 2 aromatic carbocycles. The highest BCUT2D eigenvalue weighted by atomic mass is 35.5. The zero-order valence-corrected chi connectivity index (χ0v) is 14.6. The minimum absolute atomic E-state index is 0.112. The van der Waals surface area contributed by atoms with Crippen LogP contribution in [-0.2, 0) is 4.79 Å². The minimum atomic E-state index is -0.234. The van der Waals surface area contributed by atoms with Gasteiger partial charge >= 0.3 is 0 Å². The van der Waals surface area contributed by atoms with Gasteiger partial charge in [0.25, 0.3) is 5.91 Å². The number of ether oxygens (including phenoxy) is 1. The molecular weight excluding hydrogens is 326 g/mol. The monoisotopic (exact) mass is 345 g/mol. The summed E-state index contributed by atoms with van der Waals surface area (Å²) < 4.78 is 5.11. The van der Waals surface area contributed by atoms with Crippen LogP contribution in [0.2, 0.25) is 5.02 Å². The van der Waals surface area contributed by atoms with Crippen molar-refractivity contribution in [2.24, 2.45) is 5.10 Å². The van der Waals surface area contributed by atoms with Crippen molar-refractivity contribution in [3.63, 3.8) is 0 Å². The van der Waals surface area contributed by atoms with Crippen LogP contribution >= 0.6 is 11.6 Å². The summed E-state index contributed by atoms with van der Waals surface area (Å²) in [4.78, 5) is 11.9. The van der Waals surface area contributed by atoms with Crippen LogP contribution in [-0.4, -0.2) is 25.3 Å². The molecule has 0 bridgehead atoms. The number of carbonyl (C=O) groups excluding carboxylic acids is 1. The predicted octanol–water partition coefficient (Wildman–Crippen LogP) is 3.61. The van der Waals surface area contributed by atoms with Crippen molar-refractivity contribution in [2.45, 2.75) is 13.8 Å². The molecule has 2 aromatic rings. The van der Waals surface area contributed by atoms with E-state index in [0.717, 1.165) is 22.6 Å². The van der Waals surface area contributed by atoms with Crippen molar-refractivity contribution >= 4 is 28.9 Å². The third-order valence-electron chi connectivity index (χ3n) is 3.56. The Morgan fingerprint density at radius 2 is 1.92 bits per heavy atom. The van der Waals surface area contributed by atoms with Gasteiger partial charge in [0.1, 0.15) is 5.75 Å². The molecule has 0 aromatic heterocycles. The summed E-state index contributed by atoms with van der Waals surface area (Å²) in [5.74, 6) is 0.541. The lowest BCUT2D eigenvalue weighted by atomic mass is 10.1. The van der Waals surface area contributed by atoms with Gasteiger partial charge in [0.15, 0.2) is 0 Å². The lowest BCUT2D eigenvalue weighted by Gasteiger charge is -2.10. The highest BCUT2D eigenvalue weighted by Crippen LogP contribution is 2.22. The quantitative estimate of drug-likeness (QED) is 0.621. The average Bonchev–Trinajstić information content (AvgIpc) is 2.61. The number of carbonyl (C=O) groups is 1. The van der Waals surface area contributed by atoms with Gasteiger partial charge in [0.2, 0.25) is 0 Å². The number of rotatable bonds is 6. The van der Waals surface area contributed by atoms with Crippen molar-refractivity contribution in [3.05, 3.63) is 58.6 Å². The van der Waals surface area contributed by atoms with Crippen molar-refractivity contribution < 1.29 is 9.53 Å². The Bertz CT molecular complexity index is 742. The summed E-state index contributed by atoms with van der Waals surface area (Å²) in [7, 11) is 1.62. The Morgan fingerprint density at radius 3 is 2.58 bits per heavy atom. The minimum Gasteiger partial charge on any atom is -0.497 e. The molecule has 0 heterocycles. The van der Waals surface area contributed by atoms with Crippen molar-refractivity contribution in [1.82, 2.24) is 5.43 Å². The number of nitrogens with one attached hydrogen (secondary N) is 2. The van der Waals surface area contributed by atoms with Crippen molar-refractivity contribution in [3.8, 4) is 5.75 Å². The van der Waals surface area contributed by atoms with Gasteiger partial charge in [-0.15, -0.1) is 0 Å². The Hall–Kier alpha value is -2.53. The van der Waals surface area contributed by atoms with E-state index in [1.165, 1.54) is 0 Å². The van der Waals surface area contributed by atoms with Crippen LogP contribution in [0, 0.1) is 6.92 Å². The van der Waals surface area contributed by atoms with E-state index in [1.54, 1.807) is 7.11 Å². The van der Waals surface area contributed by atoms with E-state index in [4.69, 9.17) is 16.3 Å². The summed E-state index contributed by atoms with van der Waals surface area (Å²) in [5.41, 5.74) is 5.90. The van der Waals surface area contributed by atoms with Gasteiger partial charge in [0, 0.05) is 10.7 Å². The fraction of sp³-hybridized carbons (Fsp3) is 0.222. The zero-order valence-electron chi connectivity index (χ0n) is 13.9. The summed E-state index contributed by atoms with van der Waals surface area (Å²) >= 11 is 6.05. The highest BCUT2D eigenvalue weighted by molar-refractivity contribution is 6.31. The number of hydrogen-bond donors (Lipinski definition) is 2. The number of methoxy groups -OCH3 is 1. The molecule has 0 atom stereocenters. The maximum atomic E-state index is 11.9. The third kappa shape index (κ3) is 4.73. The fourth-order valence-corrected chi connectivity index (χ4v) is 2.23. The second kappa shape index (κ2) is 8.36. The van der Waals surface area contributed by atoms with E-state index < -0.39 is 0 Å². The first-order valence-electron chi connectivity index (χ1n) is 7.48. The Kier molecular flexibility index (Phi) is 6.21. The molecule has 0 saturated carbocycles. The van der Waals surface area contributed by atoms with E-state index in [-0.39, 0.29) is 12.5 Å². The second-order valence-corrected chi connectivity index (χ2v) is 5.63. The maximum absolute atomic E-state index is 11.9. The summed E-state index contributed by atoms with van der Waals surface area (Å²) in [5, 5.41) is 7.82. The van der Waals surface area contributed by atoms with E-state index in [2.05, 4.69) is 15.8 Å². The van der Waals surface area contributed by atoms with Crippen molar-refractivity contribution in [2.75, 3.05) is 19.0 Å². The molecule has 0 unspecified atom stereocenters. The normalized spacial score (nSPS) is 11.1. The molecular formula is C18H20ClN3O2. The average molecular weight is 346 g/mol. The molecule has 6 heteroatoms. The Labute approximate surface area is 146 Å². The Morgan fingerprint density at radius 1 is 1.21 bits per heavy atom. The molecule has 5 nitrogen and oxygen atoms in total. The van der Waals surface area contributed by atoms with Crippen LogP contribution in [0.15, 0.2) is 47.6 Å². The van der Waals surface area contributed by atoms with Crippen LogP contribution in [0.1, 0.15) is 18.1 Å². The number of amides is 1. The van der Waals surface area contributed by atoms with E-state index >= 15 is 0 Å². The number of benzene rings is 2. The maximum Gasteiger partial charge on any atom is 0.259 e. The SMILES string of the molecule is COc1ccc(C(C)=NNC(=O)CNc2cccc(Cl)c2C)cc1. The van der Waals surface area contributed by atoms with Crippen LogP contribution in [0.3, 0.4) is 0 Å². The first kappa shape index (κ1) is 17.8. The lowest BCUT2D eigenvalue weighted by Crippen LogP contribution is -2.27. The van der Waals surface area contributed by atoms with Gasteiger partial charge in [-0.3, -0.25) is 4.79 Å². The standard InChI is InChI=1S/C18H20ClN3O2/c1-12-16(19)5-4-6-17(12)20-11-18(23)22-21-13(2)14-7-9-15(24-3)10-8-14/h4-10,20H,11H2,1-3H3,(H,22,23). The molecule has 1 amide bonds. The summed E-state index contributed by atoms with van der Waals surface area (Å²) in [6.07, 6.45) is 0. The van der Waals surface area contributed by atoms with Crippen LogP contribution in [0.4, 0.5) is 5.69 Å². The molecule has 2 N–H and O–H groups in total. The van der Waals surface area contributed by atoms with Crippen LogP contribution < -0.4 is 15.5 Å². The molecule has 0 aliphatic heterocycles. The third-order valence-corrected chi connectivity index (χ3v) is 3.97. The van der Waals surface area contributed by atoms with Gasteiger partial charge in [-0.25, -0.2) is 5.43 Å². The smallest absolute Gasteiger partial charge is 0.259 e. The first-order chi connectivity index (χ1) is 11.5. The molecule has 0 saturated heterocycles. The number of hydrogen-bond acceptors (Lipinski definition) is 4. The van der Waals surface area contributed by atoms with Gasteiger partial charge in [0.05, 0.1) is 19.4 Å². The first-order valence-corrected chi connectivity index (χ1v) is 7.85. The summed E-state index contributed by atoms with van der Waals surface area (Å²) in [6, 6.07) is 13.0. The van der Waals surface area contributed by atoms with Crippen molar-refractivity contribution in [1.29, 1.82) is 0 Å². The second-order valence-electron chi connectivity index (χ2n) is 5.23. The topological polar surface area (TPSA) is 62.7 Å². The number of hydrazone groups is 1. The zero-order chi connectivity index (χ0) is 17.5. The molecule has 0 aliphatic rings. The molecule has 0 aliphatic carbocycles.